The third-order valence-electron chi connectivity index (χ3n) is 2.87. The predicted molar refractivity (Wildman–Crippen MR) is 76.2 cm³/mol. The summed E-state index contributed by atoms with van der Waals surface area (Å²) in [5.74, 6) is -2.17. The van der Waals surface area contributed by atoms with Gasteiger partial charge < -0.3 is 5.73 Å². The maximum atomic E-state index is 13.1. The number of halogens is 2. The van der Waals surface area contributed by atoms with Gasteiger partial charge in [-0.3, -0.25) is 4.72 Å². The summed E-state index contributed by atoms with van der Waals surface area (Å²) in [5, 5.41) is 0. The fourth-order valence-corrected chi connectivity index (χ4v) is 2.84. The molecule has 0 heterocycles. The van der Waals surface area contributed by atoms with Crippen molar-refractivity contribution in [1.82, 2.24) is 0 Å². The number of nitrogens with one attached hydrogen (secondary N) is 1. The van der Waals surface area contributed by atoms with Gasteiger partial charge in [0.1, 0.15) is 0 Å². The molecule has 0 aliphatic carbocycles. The van der Waals surface area contributed by atoms with E-state index in [1.54, 1.807) is 19.1 Å². The normalized spacial score (nSPS) is 13.0. The highest BCUT2D eigenvalue weighted by Crippen LogP contribution is 2.20. The highest BCUT2D eigenvalue weighted by Gasteiger charge is 2.16. The van der Waals surface area contributed by atoms with Crippen LogP contribution in [0.2, 0.25) is 0 Å². The van der Waals surface area contributed by atoms with Crippen LogP contribution in [0.15, 0.2) is 47.4 Å². The smallest absolute Gasteiger partial charge is 0.261 e. The largest absolute Gasteiger partial charge is 0.324 e. The Balaban J connectivity index is 2.33. The Hall–Kier alpha value is -1.99. The zero-order valence-corrected chi connectivity index (χ0v) is 12.0. The first kappa shape index (κ1) is 15.4. The van der Waals surface area contributed by atoms with Gasteiger partial charge >= 0.3 is 0 Å². The Morgan fingerprint density at radius 2 is 1.81 bits per heavy atom. The molecule has 112 valence electrons. The topological polar surface area (TPSA) is 72.2 Å². The third kappa shape index (κ3) is 3.56. The van der Waals surface area contributed by atoms with E-state index in [2.05, 4.69) is 4.72 Å². The number of rotatable bonds is 4. The second kappa shape index (κ2) is 5.79. The summed E-state index contributed by atoms with van der Waals surface area (Å²) in [6, 6.07) is 8.57. The van der Waals surface area contributed by atoms with Crippen molar-refractivity contribution in [2.24, 2.45) is 5.73 Å². The van der Waals surface area contributed by atoms with Crippen LogP contribution in [0.25, 0.3) is 0 Å². The molecule has 7 heteroatoms. The summed E-state index contributed by atoms with van der Waals surface area (Å²) < 4.78 is 52.5. The molecule has 4 nitrogen and oxygen atoms in total. The van der Waals surface area contributed by atoms with Crippen LogP contribution in [-0.4, -0.2) is 8.42 Å². The van der Waals surface area contributed by atoms with Crippen molar-refractivity contribution in [2.75, 3.05) is 4.72 Å². The van der Waals surface area contributed by atoms with Gasteiger partial charge in [0.2, 0.25) is 0 Å². The number of anilines is 1. The molecule has 0 radical (unpaired) electrons. The molecule has 21 heavy (non-hydrogen) atoms. The molecule has 2 aromatic rings. The molecule has 0 fully saturated rings. The number of nitrogens with two attached hydrogens (primary N) is 1. The molecular formula is C14H14F2N2O2S. The van der Waals surface area contributed by atoms with Crippen LogP contribution in [0.3, 0.4) is 0 Å². The van der Waals surface area contributed by atoms with E-state index in [-0.39, 0.29) is 16.6 Å². The van der Waals surface area contributed by atoms with E-state index in [1.807, 2.05) is 0 Å². The Morgan fingerprint density at radius 1 is 1.10 bits per heavy atom. The molecule has 1 atom stereocenters. The predicted octanol–water partition coefficient (Wildman–Crippen LogP) is 2.79. The third-order valence-corrected chi connectivity index (χ3v) is 4.24. The average Bonchev–Trinajstić information content (AvgIpc) is 2.43. The first-order valence-electron chi connectivity index (χ1n) is 6.13. The van der Waals surface area contributed by atoms with Crippen molar-refractivity contribution in [3.63, 3.8) is 0 Å². The maximum absolute atomic E-state index is 13.1. The molecular weight excluding hydrogens is 298 g/mol. The van der Waals surface area contributed by atoms with Gasteiger partial charge in [0.05, 0.1) is 10.6 Å². The quantitative estimate of drug-likeness (QED) is 0.912. The van der Waals surface area contributed by atoms with Crippen molar-refractivity contribution in [2.45, 2.75) is 17.9 Å². The van der Waals surface area contributed by atoms with E-state index in [0.717, 1.165) is 18.2 Å². The van der Waals surface area contributed by atoms with Crippen LogP contribution in [-0.2, 0) is 10.0 Å². The molecule has 0 aliphatic heterocycles. The summed E-state index contributed by atoms with van der Waals surface area (Å²) in [6.07, 6.45) is 0. The molecule has 0 spiro atoms. The summed E-state index contributed by atoms with van der Waals surface area (Å²) in [6.45, 7) is 1.73. The average molecular weight is 312 g/mol. The molecule has 0 bridgehead atoms. The van der Waals surface area contributed by atoms with Gasteiger partial charge in [-0.1, -0.05) is 12.1 Å². The first-order chi connectivity index (χ1) is 9.79. The van der Waals surface area contributed by atoms with Gasteiger partial charge in [-0.05, 0) is 36.8 Å². The Bertz CT molecular complexity index is 761. The van der Waals surface area contributed by atoms with Crippen LogP contribution in [0.5, 0.6) is 0 Å². The lowest BCUT2D eigenvalue weighted by Gasteiger charge is -2.11. The van der Waals surface area contributed by atoms with Gasteiger partial charge in [-0.2, -0.15) is 0 Å². The highest BCUT2D eigenvalue weighted by molar-refractivity contribution is 7.92. The van der Waals surface area contributed by atoms with Gasteiger partial charge in [0.15, 0.2) is 11.6 Å². The van der Waals surface area contributed by atoms with E-state index in [1.165, 1.54) is 12.1 Å². The first-order valence-corrected chi connectivity index (χ1v) is 7.61. The fourth-order valence-electron chi connectivity index (χ4n) is 1.74. The van der Waals surface area contributed by atoms with Crippen molar-refractivity contribution in [3.8, 4) is 0 Å². The molecule has 2 aromatic carbocycles. The van der Waals surface area contributed by atoms with Crippen molar-refractivity contribution in [3.05, 3.63) is 59.7 Å². The van der Waals surface area contributed by atoms with Crippen LogP contribution in [0, 0.1) is 11.6 Å². The molecule has 0 saturated carbocycles. The molecule has 0 aliphatic rings. The fraction of sp³-hybridized carbons (Fsp3) is 0.143. The van der Waals surface area contributed by atoms with E-state index >= 15 is 0 Å². The number of hydrogen-bond donors (Lipinski definition) is 2. The van der Waals surface area contributed by atoms with E-state index in [4.69, 9.17) is 5.73 Å². The van der Waals surface area contributed by atoms with E-state index < -0.39 is 21.7 Å². The molecule has 0 aromatic heterocycles. The van der Waals surface area contributed by atoms with Gasteiger partial charge in [0, 0.05) is 12.1 Å². The molecule has 3 N–H and O–H groups in total. The highest BCUT2D eigenvalue weighted by atomic mass is 32.2. The van der Waals surface area contributed by atoms with Gasteiger partial charge in [-0.25, -0.2) is 17.2 Å². The van der Waals surface area contributed by atoms with E-state index in [9.17, 15) is 17.2 Å². The lowest BCUT2D eigenvalue weighted by molar-refractivity contribution is 0.509. The minimum absolute atomic E-state index is 0.00188. The zero-order chi connectivity index (χ0) is 15.6. The van der Waals surface area contributed by atoms with Crippen LogP contribution < -0.4 is 10.5 Å². The molecule has 1 unspecified atom stereocenters. The zero-order valence-electron chi connectivity index (χ0n) is 11.2. The Labute approximate surface area is 121 Å². The molecule has 0 saturated heterocycles. The Kier molecular flexibility index (Phi) is 4.24. The van der Waals surface area contributed by atoms with Crippen LogP contribution >= 0.6 is 0 Å². The minimum atomic E-state index is -3.89. The number of benzene rings is 2. The summed E-state index contributed by atoms with van der Waals surface area (Å²) in [5.41, 5.74) is 6.31. The van der Waals surface area contributed by atoms with Crippen molar-refractivity contribution < 1.29 is 17.2 Å². The lowest BCUT2D eigenvalue weighted by atomic mass is 10.1. The SMILES string of the molecule is CC(N)c1cccc(S(=O)(=O)Nc2ccc(F)c(F)c2)c1. The minimum Gasteiger partial charge on any atom is -0.324 e. The number of hydrogen-bond acceptors (Lipinski definition) is 3. The van der Waals surface area contributed by atoms with Gasteiger partial charge in [-0.15, -0.1) is 0 Å². The van der Waals surface area contributed by atoms with E-state index in [0.29, 0.717) is 5.56 Å². The number of sulfonamides is 1. The lowest BCUT2D eigenvalue weighted by Crippen LogP contribution is -2.14. The summed E-state index contributed by atoms with van der Waals surface area (Å²) in [7, 11) is -3.89. The van der Waals surface area contributed by atoms with Crippen molar-refractivity contribution >= 4 is 15.7 Å². The van der Waals surface area contributed by atoms with Crippen LogP contribution in [0.4, 0.5) is 14.5 Å². The van der Waals surface area contributed by atoms with Crippen molar-refractivity contribution in [1.29, 1.82) is 0 Å². The standard InChI is InChI=1S/C14H14F2N2O2S/c1-9(17)10-3-2-4-12(7-10)21(19,20)18-11-5-6-13(15)14(16)8-11/h2-9,18H,17H2,1H3. The second-order valence-electron chi connectivity index (χ2n) is 4.60. The Morgan fingerprint density at radius 3 is 2.43 bits per heavy atom. The summed E-state index contributed by atoms with van der Waals surface area (Å²) in [4.78, 5) is 0.00188. The molecule has 0 amide bonds. The molecule has 2 rings (SSSR count). The van der Waals surface area contributed by atoms with Crippen LogP contribution in [0.1, 0.15) is 18.5 Å². The summed E-state index contributed by atoms with van der Waals surface area (Å²) >= 11 is 0. The monoisotopic (exact) mass is 312 g/mol. The second-order valence-corrected chi connectivity index (χ2v) is 6.28. The van der Waals surface area contributed by atoms with Gasteiger partial charge in [0.25, 0.3) is 10.0 Å². The maximum Gasteiger partial charge on any atom is 0.261 e.